The summed E-state index contributed by atoms with van der Waals surface area (Å²) in [4.78, 5) is 3.77. The zero-order valence-corrected chi connectivity index (χ0v) is 16.9. The minimum atomic E-state index is -0.478. The number of benzene rings is 3. The standard InChI is InChI=1S/C24H28N2O3/c1-28-24-9-5-4-8-23(24)26-14-12-25(13-15-26)17-21(27)18-29-22-11-10-19-6-2-3-7-20(19)16-22/h2-11,16,21,27H,12-15,17-18H2,1H3/p+1/t21-/m0/s1. The Labute approximate surface area is 172 Å². The highest BCUT2D eigenvalue weighted by atomic mass is 16.5. The number of rotatable bonds is 7. The van der Waals surface area contributed by atoms with Crippen molar-refractivity contribution in [3.05, 3.63) is 66.7 Å². The highest BCUT2D eigenvalue weighted by Crippen LogP contribution is 2.27. The van der Waals surface area contributed by atoms with Crippen LogP contribution >= 0.6 is 0 Å². The van der Waals surface area contributed by atoms with Crippen molar-refractivity contribution in [2.75, 3.05) is 51.3 Å². The molecule has 1 aliphatic rings. The lowest BCUT2D eigenvalue weighted by molar-refractivity contribution is -0.903. The zero-order valence-electron chi connectivity index (χ0n) is 16.9. The molecule has 1 aliphatic heterocycles. The van der Waals surface area contributed by atoms with E-state index in [1.54, 1.807) is 7.11 Å². The van der Waals surface area contributed by atoms with E-state index in [0.29, 0.717) is 13.2 Å². The molecule has 2 N–H and O–H groups in total. The quantitative estimate of drug-likeness (QED) is 0.645. The normalized spacial score (nSPS) is 16.0. The van der Waals surface area contributed by atoms with Crippen LogP contribution in [0.25, 0.3) is 10.8 Å². The molecule has 0 saturated carbocycles. The predicted molar refractivity (Wildman–Crippen MR) is 116 cm³/mol. The lowest BCUT2D eigenvalue weighted by Crippen LogP contribution is -3.16. The molecule has 0 radical (unpaired) electrons. The van der Waals surface area contributed by atoms with Gasteiger partial charge < -0.3 is 24.4 Å². The van der Waals surface area contributed by atoms with Gasteiger partial charge in [0.15, 0.2) is 0 Å². The second-order valence-electron chi connectivity index (χ2n) is 7.59. The van der Waals surface area contributed by atoms with E-state index in [0.717, 1.165) is 48.8 Å². The molecular weight excluding hydrogens is 364 g/mol. The number of para-hydroxylation sites is 2. The van der Waals surface area contributed by atoms with Crippen LogP contribution in [0, 0.1) is 0 Å². The Bertz CT molecular complexity index is 938. The van der Waals surface area contributed by atoms with Gasteiger partial charge in [0.25, 0.3) is 0 Å². The van der Waals surface area contributed by atoms with Crippen LogP contribution < -0.4 is 19.3 Å². The van der Waals surface area contributed by atoms with Crippen molar-refractivity contribution < 1.29 is 19.5 Å². The van der Waals surface area contributed by atoms with E-state index in [9.17, 15) is 5.11 Å². The minimum Gasteiger partial charge on any atom is -0.495 e. The van der Waals surface area contributed by atoms with E-state index in [1.807, 2.05) is 42.5 Å². The molecule has 1 fully saturated rings. The van der Waals surface area contributed by atoms with E-state index in [1.165, 1.54) is 10.3 Å². The monoisotopic (exact) mass is 393 g/mol. The van der Waals surface area contributed by atoms with Gasteiger partial charge in [-0.15, -0.1) is 0 Å². The van der Waals surface area contributed by atoms with Gasteiger partial charge in [0.1, 0.15) is 30.8 Å². The van der Waals surface area contributed by atoms with Crippen LogP contribution in [0.4, 0.5) is 5.69 Å². The number of hydrogen-bond acceptors (Lipinski definition) is 4. The molecule has 1 heterocycles. The molecule has 0 amide bonds. The summed E-state index contributed by atoms with van der Waals surface area (Å²) < 4.78 is 11.3. The highest BCUT2D eigenvalue weighted by molar-refractivity contribution is 5.83. The molecule has 5 heteroatoms. The maximum absolute atomic E-state index is 10.5. The van der Waals surface area contributed by atoms with E-state index in [-0.39, 0.29) is 0 Å². The van der Waals surface area contributed by atoms with Gasteiger partial charge in [0.05, 0.1) is 39.0 Å². The van der Waals surface area contributed by atoms with Crippen molar-refractivity contribution in [2.24, 2.45) is 0 Å². The Morgan fingerprint density at radius 3 is 2.48 bits per heavy atom. The van der Waals surface area contributed by atoms with Crippen LogP contribution in [0.3, 0.4) is 0 Å². The third kappa shape index (κ3) is 4.81. The number of nitrogens with one attached hydrogen (secondary N) is 1. The summed E-state index contributed by atoms with van der Waals surface area (Å²) in [5.74, 6) is 1.72. The number of piperazine rings is 1. The molecule has 4 rings (SSSR count). The van der Waals surface area contributed by atoms with Crippen LogP contribution in [0.2, 0.25) is 0 Å². The fourth-order valence-corrected chi connectivity index (χ4v) is 4.00. The number of methoxy groups -OCH3 is 1. The molecule has 0 aliphatic carbocycles. The van der Waals surface area contributed by atoms with Crippen molar-refractivity contribution in [1.29, 1.82) is 0 Å². The van der Waals surface area contributed by atoms with Gasteiger partial charge in [0.2, 0.25) is 0 Å². The largest absolute Gasteiger partial charge is 0.495 e. The average molecular weight is 394 g/mol. The first kappa shape index (κ1) is 19.6. The van der Waals surface area contributed by atoms with Crippen LogP contribution in [0.15, 0.2) is 66.7 Å². The Morgan fingerprint density at radius 2 is 1.69 bits per heavy atom. The van der Waals surface area contributed by atoms with Gasteiger partial charge in [-0.1, -0.05) is 42.5 Å². The second-order valence-corrected chi connectivity index (χ2v) is 7.59. The van der Waals surface area contributed by atoms with Crippen LogP contribution in [0.1, 0.15) is 0 Å². The SMILES string of the molecule is COc1ccccc1N1CC[NH+](C[C@H](O)COc2ccc3ccccc3c2)CC1. The van der Waals surface area contributed by atoms with Crippen molar-refractivity contribution in [3.63, 3.8) is 0 Å². The Kier molecular flexibility index (Phi) is 6.17. The summed E-state index contributed by atoms with van der Waals surface area (Å²) in [7, 11) is 1.71. The number of fused-ring (bicyclic) bond motifs is 1. The average Bonchev–Trinajstić information content (AvgIpc) is 2.78. The number of hydrogen-bond donors (Lipinski definition) is 2. The third-order valence-corrected chi connectivity index (χ3v) is 5.58. The first-order valence-electron chi connectivity index (χ1n) is 10.2. The Balaban J connectivity index is 1.25. The van der Waals surface area contributed by atoms with Gasteiger partial charge in [-0.2, -0.15) is 0 Å². The summed E-state index contributed by atoms with van der Waals surface area (Å²) in [6, 6.07) is 22.4. The minimum absolute atomic E-state index is 0.318. The maximum atomic E-state index is 10.5. The number of aliphatic hydroxyl groups excluding tert-OH is 1. The molecule has 0 unspecified atom stereocenters. The maximum Gasteiger partial charge on any atom is 0.142 e. The molecule has 0 bridgehead atoms. The molecule has 0 spiro atoms. The highest BCUT2D eigenvalue weighted by Gasteiger charge is 2.24. The van der Waals surface area contributed by atoms with Gasteiger partial charge in [-0.05, 0) is 35.0 Å². The molecule has 0 aromatic heterocycles. The van der Waals surface area contributed by atoms with Crippen molar-refractivity contribution >= 4 is 16.5 Å². The number of ether oxygens (including phenoxy) is 2. The summed E-state index contributed by atoms with van der Waals surface area (Å²) >= 11 is 0. The smallest absolute Gasteiger partial charge is 0.142 e. The molecule has 5 nitrogen and oxygen atoms in total. The summed E-state index contributed by atoms with van der Waals surface area (Å²) in [6.07, 6.45) is -0.478. The molecule has 1 saturated heterocycles. The Hall–Kier alpha value is -2.76. The zero-order chi connectivity index (χ0) is 20.1. The van der Waals surface area contributed by atoms with Crippen LogP contribution in [-0.4, -0.2) is 57.7 Å². The lowest BCUT2D eigenvalue weighted by atomic mass is 10.1. The molecule has 152 valence electrons. The predicted octanol–water partition coefficient (Wildman–Crippen LogP) is 1.99. The molecule has 3 aromatic carbocycles. The van der Waals surface area contributed by atoms with Gasteiger partial charge in [-0.3, -0.25) is 0 Å². The first-order chi connectivity index (χ1) is 14.2. The van der Waals surface area contributed by atoms with Crippen molar-refractivity contribution in [3.8, 4) is 11.5 Å². The first-order valence-corrected chi connectivity index (χ1v) is 10.2. The Morgan fingerprint density at radius 1 is 0.966 bits per heavy atom. The van der Waals surface area contributed by atoms with Gasteiger partial charge in [-0.25, -0.2) is 0 Å². The van der Waals surface area contributed by atoms with E-state index < -0.39 is 6.10 Å². The van der Waals surface area contributed by atoms with E-state index in [2.05, 4.69) is 29.2 Å². The number of quaternary nitrogens is 1. The number of aliphatic hydroxyl groups is 1. The summed E-state index contributed by atoms with van der Waals surface area (Å²) in [5, 5.41) is 12.8. The molecule has 3 aromatic rings. The number of nitrogens with zero attached hydrogens (tertiary/aromatic N) is 1. The van der Waals surface area contributed by atoms with Crippen LogP contribution in [-0.2, 0) is 0 Å². The summed E-state index contributed by atoms with van der Waals surface area (Å²) in [6.45, 7) is 4.91. The van der Waals surface area contributed by atoms with Gasteiger partial charge >= 0.3 is 0 Å². The summed E-state index contributed by atoms with van der Waals surface area (Å²) in [5.41, 5.74) is 1.15. The lowest BCUT2D eigenvalue weighted by Gasteiger charge is -2.35. The number of anilines is 1. The second kappa shape index (κ2) is 9.16. The topological polar surface area (TPSA) is 46.4 Å². The van der Waals surface area contributed by atoms with E-state index >= 15 is 0 Å². The fraction of sp³-hybridized carbons (Fsp3) is 0.333. The molecular formula is C24H29N2O3+. The van der Waals surface area contributed by atoms with Gasteiger partial charge in [0, 0.05) is 0 Å². The third-order valence-electron chi connectivity index (χ3n) is 5.58. The van der Waals surface area contributed by atoms with Crippen molar-refractivity contribution in [2.45, 2.75) is 6.10 Å². The van der Waals surface area contributed by atoms with Crippen LogP contribution in [0.5, 0.6) is 11.5 Å². The molecule has 29 heavy (non-hydrogen) atoms. The molecule has 1 atom stereocenters. The van der Waals surface area contributed by atoms with E-state index in [4.69, 9.17) is 9.47 Å². The van der Waals surface area contributed by atoms with Crippen molar-refractivity contribution in [1.82, 2.24) is 0 Å². The fourth-order valence-electron chi connectivity index (χ4n) is 4.00.